The molecule has 0 unspecified atom stereocenters. The van der Waals surface area contributed by atoms with E-state index in [1.807, 2.05) is 0 Å². The van der Waals surface area contributed by atoms with Gasteiger partial charge in [0, 0.05) is 18.7 Å². The lowest BCUT2D eigenvalue weighted by Crippen LogP contribution is -2.34. The van der Waals surface area contributed by atoms with Gasteiger partial charge in [0.1, 0.15) is 16.8 Å². The van der Waals surface area contributed by atoms with E-state index in [4.69, 9.17) is 9.47 Å². The molecule has 0 spiro atoms. The van der Waals surface area contributed by atoms with Gasteiger partial charge in [-0.15, -0.1) is 0 Å². The molecule has 0 aliphatic rings. The molecule has 0 atom stereocenters. The summed E-state index contributed by atoms with van der Waals surface area (Å²) in [5.74, 6) is -0.773. The molecule has 2 aromatic rings. The van der Waals surface area contributed by atoms with Gasteiger partial charge in [0.05, 0.1) is 10.6 Å². The second kappa shape index (κ2) is 8.75. The maximum Gasteiger partial charge on any atom is 0.414 e. The van der Waals surface area contributed by atoms with Gasteiger partial charge >= 0.3 is 12.1 Å². The SMILES string of the molecule is CN(C(=O)OC(C)(C)C)c1ccccc1-c1ccc(C(=O)OC(C)(C)C)c([N+](=O)[O-])c1. The van der Waals surface area contributed by atoms with E-state index < -0.39 is 28.2 Å². The van der Waals surface area contributed by atoms with Gasteiger partial charge < -0.3 is 9.47 Å². The van der Waals surface area contributed by atoms with Crippen LogP contribution in [0.5, 0.6) is 0 Å². The van der Waals surface area contributed by atoms with Crippen LogP contribution in [-0.4, -0.2) is 35.2 Å². The van der Waals surface area contributed by atoms with Crippen molar-refractivity contribution in [1.82, 2.24) is 0 Å². The number of rotatable bonds is 4. The molecule has 0 aliphatic heterocycles. The van der Waals surface area contributed by atoms with Gasteiger partial charge in [-0.25, -0.2) is 9.59 Å². The molecule has 0 aromatic heterocycles. The highest BCUT2D eigenvalue weighted by molar-refractivity contribution is 5.97. The molecule has 0 bridgehead atoms. The largest absolute Gasteiger partial charge is 0.456 e. The number of amides is 1. The van der Waals surface area contributed by atoms with Crippen LogP contribution in [0.15, 0.2) is 42.5 Å². The maximum atomic E-state index is 12.5. The van der Waals surface area contributed by atoms with Crippen LogP contribution in [0.4, 0.5) is 16.2 Å². The summed E-state index contributed by atoms with van der Waals surface area (Å²) in [6.45, 7) is 10.4. The Bertz CT molecular complexity index is 1000. The fourth-order valence-corrected chi connectivity index (χ4v) is 2.79. The highest BCUT2D eigenvalue weighted by atomic mass is 16.6. The van der Waals surface area contributed by atoms with Crippen LogP contribution < -0.4 is 4.90 Å². The number of nitro benzene ring substituents is 1. The molecule has 0 aliphatic carbocycles. The first-order valence-corrected chi connectivity index (χ1v) is 9.77. The Labute approximate surface area is 181 Å². The van der Waals surface area contributed by atoms with Crippen LogP contribution >= 0.6 is 0 Å². The molecule has 8 nitrogen and oxygen atoms in total. The summed E-state index contributed by atoms with van der Waals surface area (Å²) in [7, 11) is 1.57. The first kappa shape index (κ1) is 23.9. The Morgan fingerprint density at radius 2 is 1.52 bits per heavy atom. The lowest BCUT2D eigenvalue weighted by atomic mass is 10.00. The summed E-state index contributed by atoms with van der Waals surface area (Å²) in [4.78, 5) is 37.4. The molecule has 2 aromatic carbocycles. The number of benzene rings is 2. The standard InChI is InChI=1S/C23H28N2O6/c1-22(2,3)30-20(26)17-13-12-15(14-19(17)25(28)29)16-10-8-9-11-18(16)24(7)21(27)31-23(4,5)6/h8-14H,1-7H3. The molecule has 1 amide bonds. The third kappa shape index (κ3) is 6.28. The minimum Gasteiger partial charge on any atom is -0.456 e. The van der Waals surface area contributed by atoms with Crippen molar-refractivity contribution in [2.75, 3.05) is 11.9 Å². The molecular weight excluding hydrogens is 400 g/mol. The van der Waals surface area contributed by atoms with E-state index in [1.165, 1.54) is 17.0 Å². The second-order valence-electron chi connectivity index (χ2n) is 9.05. The zero-order chi connectivity index (χ0) is 23.6. The predicted octanol–water partition coefficient (Wildman–Crippen LogP) is 5.59. The molecule has 31 heavy (non-hydrogen) atoms. The Morgan fingerprint density at radius 3 is 2.06 bits per heavy atom. The number of nitrogens with zero attached hydrogens (tertiary/aromatic N) is 2. The average Bonchev–Trinajstić information content (AvgIpc) is 2.64. The molecule has 8 heteroatoms. The number of hydrogen-bond donors (Lipinski definition) is 0. The number of anilines is 1. The Morgan fingerprint density at radius 1 is 0.935 bits per heavy atom. The quantitative estimate of drug-likeness (QED) is 0.358. The highest BCUT2D eigenvalue weighted by Crippen LogP contribution is 2.34. The first-order valence-electron chi connectivity index (χ1n) is 9.77. The molecule has 0 N–H and O–H groups in total. The van der Waals surface area contributed by atoms with E-state index in [1.54, 1.807) is 78.9 Å². The Kier molecular flexibility index (Phi) is 6.73. The Balaban J connectivity index is 2.51. The van der Waals surface area contributed by atoms with E-state index in [0.29, 0.717) is 16.8 Å². The van der Waals surface area contributed by atoms with Crippen LogP contribution in [0.2, 0.25) is 0 Å². The third-order valence-electron chi connectivity index (χ3n) is 4.06. The third-order valence-corrected chi connectivity index (χ3v) is 4.06. The smallest absolute Gasteiger partial charge is 0.414 e. The molecule has 0 heterocycles. The highest BCUT2D eigenvalue weighted by Gasteiger charge is 2.27. The van der Waals surface area contributed by atoms with Crippen molar-refractivity contribution in [1.29, 1.82) is 0 Å². The van der Waals surface area contributed by atoms with Crippen LogP contribution in [-0.2, 0) is 9.47 Å². The Hall–Kier alpha value is -3.42. The van der Waals surface area contributed by atoms with Crippen molar-refractivity contribution in [3.05, 3.63) is 58.1 Å². The van der Waals surface area contributed by atoms with Gasteiger partial charge in [-0.05, 0) is 59.2 Å². The number of ether oxygens (including phenoxy) is 2. The fraction of sp³-hybridized carbons (Fsp3) is 0.391. The molecule has 166 valence electrons. The fourth-order valence-electron chi connectivity index (χ4n) is 2.79. The normalized spacial score (nSPS) is 11.6. The van der Waals surface area contributed by atoms with Crippen molar-refractivity contribution in [3.63, 3.8) is 0 Å². The van der Waals surface area contributed by atoms with Crippen molar-refractivity contribution >= 4 is 23.4 Å². The summed E-state index contributed by atoms with van der Waals surface area (Å²) in [5, 5.41) is 11.7. The van der Waals surface area contributed by atoms with Gasteiger partial charge in [0.25, 0.3) is 5.69 Å². The number of para-hydroxylation sites is 1. The average molecular weight is 428 g/mol. The zero-order valence-corrected chi connectivity index (χ0v) is 18.9. The van der Waals surface area contributed by atoms with Gasteiger partial charge in [0.2, 0.25) is 0 Å². The van der Waals surface area contributed by atoms with Gasteiger partial charge in [-0.3, -0.25) is 15.0 Å². The van der Waals surface area contributed by atoms with E-state index >= 15 is 0 Å². The van der Waals surface area contributed by atoms with Crippen molar-refractivity contribution in [3.8, 4) is 11.1 Å². The minimum atomic E-state index is -0.785. The molecule has 2 rings (SSSR count). The van der Waals surface area contributed by atoms with Crippen molar-refractivity contribution < 1.29 is 24.0 Å². The van der Waals surface area contributed by atoms with E-state index in [-0.39, 0.29) is 11.3 Å². The lowest BCUT2D eigenvalue weighted by molar-refractivity contribution is -0.385. The van der Waals surface area contributed by atoms with Gasteiger partial charge in [0.15, 0.2) is 0 Å². The lowest BCUT2D eigenvalue weighted by Gasteiger charge is -2.26. The molecular formula is C23H28N2O6. The summed E-state index contributed by atoms with van der Waals surface area (Å²) in [6, 6.07) is 11.2. The molecule has 0 saturated heterocycles. The van der Waals surface area contributed by atoms with Gasteiger partial charge in [-0.2, -0.15) is 0 Å². The summed E-state index contributed by atoms with van der Waals surface area (Å²) in [6.07, 6.45) is -0.556. The number of carbonyl (C=O) groups excluding carboxylic acids is 2. The topological polar surface area (TPSA) is 99.0 Å². The van der Waals surface area contributed by atoms with Crippen LogP contribution in [0.25, 0.3) is 11.1 Å². The number of nitro groups is 1. The monoisotopic (exact) mass is 428 g/mol. The van der Waals surface area contributed by atoms with Crippen LogP contribution in [0.1, 0.15) is 51.9 Å². The van der Waals surface area contributed by atoms with E-state index in [2.05, 4.69) is 0 Å². The summed E-state index contributed by atoms with van der Waals surface area (Å²) < 4.78 is 10.7. The zero-order valence-electron chi connectivity index (χ0n) is 18.9. The summed E-state index contributed by atoms with van der Waals surface area (Å²) in [5.41, 5.74) is -0.403. The molecule has 0 fully saturated rings. The summed E-state index contributed by atoms with van der Waals surface area (Å²) >= 11 is 0. The molecule has 0 radical (unpaired) electrons. The van der Waals surface area contributed by atoms with E-state index in [9.17, 15) is 19.7 Å². The first-order chi connectivity index (χ1) is 14.2. The second-order valence-corrected chi connectivity index (χ2v) is 9.05. The van der Waals surface area contributed by atoms with E-state index in [0.717, 1.165) is 0 Å². The minimum absolute atomic E-state index is 0.137. The van der Waals surface area contributed by atoms with Crippen molar-refractivity contribution in [2.24, 2.45) is 0 Å². The number of esters is 1. The van der Waals surface area contributed by atoms with Gasteiger partial charge in [-0.1, -0.05) is 24.3 Å². The molecule has 0 saturated carbocycles. The predicted molar refractivity (Wildman–Crippen MR) is 118 cm³/mol. The number of carbonyl (C=O) groups is 2. The van der Waals surface area contributed by atoms with Crippen molar-refractivity contribution in [2.45, 2.75) is 52.7 Å². The van der Waals surface area contributed by atoms with Crippen LogP contribution in [0, 0.1) is 10.1 Å². The number of hydrogen-bond acceptors (Lipinski definition) is 6. The maximum absolute atomic E-state index is 12.5. The van der Waals surface area contributed by atoms with Crippen LogP contribution in [0.3, 0.4) is 0 Å².